The van der Waals surface area contributed by atoms with Crippen molar-refractivity contribution in [3.63, 3.8) is 0 Å². The Kier molecular flexibility index (Phi) is 9.14. The molecule has 9 heteroatoms. The second-order valence-electron chi connectivity index (χ2n) is 10.0. The van der Waals surface area contributed by atoms with Crippen LogP contribution in [0.5, 0.6) is 0 Å². The van der Waals surface area contributed by atoms with E-state index in [9.17, 15) is 4.55 Å². The van der Waals surface area contributed by atoms with Gasteiger partial charge in [0, 0.05) is 14.1 Å². The molecule has 0 radical (unpaired) electrons. The summed E-state index contributed by atoms with van der Waals surface area (Å²) < 4.78 is 36.1. The van der Waals surface area contributed by atoms with Gasteiger partial charge in [0.25, 0.3) is 0 Å². The Bertz CT molecular complexity index is 1030. The molecule has 1 fully saturated rings. The van der Waals surface area contributed by atoms with Crippen LogP contribution in [0.15, 0.2) is 70.1 Å². The molecular formula is C27H35N3O4S2. The molecule has 2 aromatic carbocycles. The van der Waals surface area contributed by atoms with E-state index in [0.29, 0.717) is 13.2 Å². The second kappa shape index (κ2) is 12.1. The normalized spacial score (nSPS) is 27.1. The van der Waals surface area contributed by atoms with Gasteiger partial charge in [-0.25, -0.2) is 0 Å². The van der Waals surface area contributed by atoms with Gasteiger partial charge < -0.3 is 23.7 Å². The maximum Gasteiger partial charge on any atom is 0.161 e. The van der Waals surface area contributed by atoms with E-state index in [-0.39, 0.29) is 17.6 Å². The highest BCUT2D eigenvalue weighted by Gasteiger charge is 2.51. The zero-order chi connectivity index (χ0) is 25.7. The van der Waals surface area contributed by atoms with Gasteiger partial charge in [0.1, 0.15) is 45.9 Å². The van der Waals surface area contributed by atoms with Gasteiger partial charge in [-0.05, 0) is 31.9 Å². The molecule has 2 aromatic rings. The van der Waals surface area contributed by atoms with E-state index < -0.39 is 28.3 Å². The molecule has 194 valence electrons. The summed E-state index contributed by atoms with van der Waals surface area (Å²) in [6.45, 7) is 6.52. The molecule has 4 rings (SSSR count). The van der Waals surface area contributed by atoms with Gasteiger partial charge >= 0.3 is 0 Å². The minimum Gasteiger partial charge on any atom is -0.591 e. The molecule has 0 N–H and O–H groups in total. The highest BCUT2D eigenvalue weighted by molar-refractivity contribution is 8.14. The van der Waals surface area contributed by atoms with Gasteiger partial charge in [0.2, 0.25) is 0 Å². The van der Waals surface area contributed by atoms with E-state index in [4.69, 9.17) is 19.2 Å². The molecule has 2 aliphatic heterocycles. The summed E-state index contributed by atoms with van der Waals surface area (Å²) in [5.74, 6) is 0. The van der Waals surface area contributed by atoms with Crippen LogP contribution in [0, 0.1) is 0 Å². The smallest absolute Gasteiger partial charge is 0.161 e. The molecule has 36 heavy (non-hydrogen) atoms. The monoisotopic (exact) mass is 529 g/mol. The summed E-state index contributed by atoms with van der Waals surface area (Å²) in [6, 6.07) is 19.8. The number of rotatable bonds is 8. The van der Waals surface area contributed by atoms with Crippen LogP contribution in [0.25, 0.3) is 0 Å². The van der Waals surface area contributed by atoms with E-state index in [2.05, 4.69) is 4.40 Å². The average Bonchev–Trinajstić information content (AvgIpc) is 3.29. The quantitative estimate of drug-likeness (QED) is 0.371. The maximum atomic E-state index is 12.7. The lowest BCUT2D eigenvalue weighted by Gasteiger charge is -2.41. The van der Waals surface area contributed by atoms with Crippen molar-refractivity contribution in [3.05, 3.63) is 71.8 Å². The number of nitrogens with zero attached hydrogens (tertiary/aromatic N) is 3. The van der Waals surface area contributed by atoms with Crippen LogP contribution in [0.2, 0.25) is 0 Å². The van der Waals surface area contributed by atoms with Gasteiger partial charge in [0.15, 0.2) is 5.17 Å². The fourth-order valence-electron chi connectivity index (χ4n) is 3.87. The third-order valence-corrected chi connectivity index (χ3v) is 8.48. The summed E-state index contributed by atoms with van der Waals surface area (Å²) in [5.41, 5.74) is 1.87. The SMILES string of the molecule is CN(C)C1=N[C@@H]2[C@@H](OCc3ccccc3)[C@H](OCc3ccccc3)[C@@H](/C=N\[S+]([O-])C(C)(C)C)O[C@@H]2S1. The molecule has 1 saturated heterocycles. The predicted molar refractivity (Wildman–Crippen MR) is 148 cm³/mol. The van der Waals surface area contributed by atoms with E-state index >= 15 is 0 Å². The van der Waals surface area contributed by atoms with E-state index in [0.717, 1.165) is 16.3 Å². The Hall–Kier alpha value is -1.88. The standard InChI is InChI=1S/C27H35N3O4S2/c1-27(2,3)36(31)28-16-21-23(32-17-19-12-8-6-9-13-19)24(33-18-20-14-10-7-11-15-20)22-25(34-21)35-26(29-22)30(4)5/h6-16,21-25H,17-18H2,1-5H3/b28-16-/t21-,22-,23-,24-,25-,36?/m1/s1. The molecule has 7 nitrogen and oxygen atoms in total. The molecule has 0 amide bonds. The summed E-state index contributed by atoms with van der Waals surface area (Å²) in [5, 5.41) is 0.885. The third-order valence-electron chi connectivity index (χ3n) is 5.82. The number of thioether (sulfide) groups is 1. The summed E-state index contributed by atoms with van der Waals surface area (Å²) in [7, 11) is 3.94. The molecule has 0 spiro atoms. The largest absolute Gasteiger partial charge is 0.591 e. The van der Waals surface area contributed by atoms with Crippen molar-refractivity contribution >= 4 is 34.5 Å². The van der Waals surface area contributed by atoms with Crippen molar-refractivity contribution < 1.29 is 18.8 Å². The van der Waals surface area contributed by atoms with Crippen LogP contribution >= 0.6 is 11.8 Å². The number of ether oxygens (including phenoxy) is 3. The van der Waals surface area contributed by atoms with Crippen molar-refractivity contribution in [1.82, 2.24) is 4.90 Å². The molecule has 2 heterocycles. The van der Waals surface area contributed by atoms with Crippen LogP contribution in [-0.2, 0) is 38.8 Å². The molecule has 0 aliphatic carbocycles. The van der Waals surface area contributed by atoms with Crippen LogP contribution in [0.1, 0.15) is 31.9 Å². The summed E-state index contributed by atoms with van der Waals surface area (Å²) in [4.78, 5) is 6.93. The lowest BCUT2D eigenvalue weighted by Crippen LogP contribution is -2.57. The number of aliphatic imine (C=N–C) groups is 1. The highest BCUT2D eigenvalue weighted by atomic mass is 32.2. The fourth-order valence-corrected chi connectivity index (χ4v) is 5.56. The Morgan fingerprint density at radius 3 is 2.08 bits per heavy atom. The Morgan fingerprint density at radius 1 is 1.00 bits per heavy atom. The molecule has 1 unspecified atom stereocenters. The van der Waals surface area contributed by atoms with Crippen molar-refractivity contribution in [2.24, 2.45) is 9.39 Å². The van der Waals surface area contributed by atoms with Gasteiger partial charge in [-0.2, -0.15) is 0 Å². The molecule has 0 saturated carbocycles. The first-order chi connectivity index (χ1) is 17.2. The van der Waals surface area contributed by atoms with Crippen molar-refractivity contribution in [3.8, 4) is 0 Å². The van der Waals surface area contributed by atoms with Gasteiger partial charge in [-0.3, -0.25) is 4.99 Å². The second-order valence-corrected chi connectivity index (χ2v) is 13.0. The highest BCUT2D eigenvalue weighted by Crippen LogP contribution is 2.39. The first-order valence-corrected chi connectivity index (χ1v) is 14.1. The average molecular weight is 530 g/mol. The first-order valence-electron chi connectivity index (χ1n) is 12.1. The first kappa shape index (κ1) is 27.2. The van der Waals surface area contributed by atoms with Crippen molar-refractivity contribution in [1.29, 1.82) is 0 Å². The number of amidine groups is 1. The van der Waals surface area contributed by atoms with Crippen LogP contribution in [0.3, 0.4) is 0 Å². The number of hydrogen-bond acceptors (Lipinski definition) is 8. The fraction of sp³-hybridized carbons (Fsp3) is 0.481. The van der Waals surface area contributed by atoms with Crippen LogP contribution in [-0.4, -0.2) is 69.5 Å². The molecule has 2 aliphatic rings. The summed E-state index contributed by atoms with van der Waals surface area (Å²) >= 11 is 0.159. The van der Waals surface area contributed by atoms with Crippen molar-refractivity contribution in [2.75, 3.05) is 14.1 Å². The van der Waals surface area contributed by atoms with Crippen LogP contribution in [0.4, 0.5) is 0 Å². The zero-order valence-corrected chi connectivity index (χ0v) is 23.1. The number of hydrogen-bond donors (Lipinski definition) is 0. The van der Waals surface area contributed by atoms with E-state index in [1.54, 1.807) is 18.0 Å². The third kappa shape index (κ3) is 6.90. The summed E-state index contributed by atoms with van der Waals surface area (Å²) in [6.07, 6.45) is 0.241. The lowest BCUT2D eigenvalue weighted by molar-refractivity contribution is -0.178. The minimum atomic E-state index is -1.41. The zero-order valence-electron chi connectivity index (χ0n) is 21.4. The molecule has 6 atom stereocenters. The number of fused-ring (bicyclic) bond motifs is 1. The van der Waals surface area contributed by atoms with E-state index in [1.807, 2.05) is 100 Å². The van der Waals surface area contributed by atoms with Gasteiger partial charge in [0.05, 0.1) is 19.4 Å². The molecule has 0 bridgehead atoms. The Labute approximate surface area is 221 Å². The topological polar surface area (TPSA) is 78.7 Å². The van der Waals surface area contributed by atoms with Gasteiger partial charge in [-0.15, -0.1) is 0 Å². The Morgan fingerprint density at radius 2 is 1.56 bits per heavy atom. The molecule has 0 aromatic heterocycles. The van der Waals surface area contributed by atoms with Crippen LogP contribution < -0.4 is 0 Å². The lowest BCUT2D eigenvalue weighted by atomic mass is 9.98. The van der Waals surface area contributed by atoms with Crippen molar-refractivity contribution in [2.45, 2.75) is 68.5 Å². The maximum absolute atomic E-state index is 12.7. The number of benzene rings is 2. The van der Waals surface area contributed by atoms with E-state index in [1.165, 1.54) is 0 Å². The minimum absolute atomic E-state index is 0.241. The van der Waals surface area contributed by atoms with Gasteiger partial charge in [-0.1, -0.05) is 76.8 Å². The molecular weight excluding hydrogens is 494 g/mol. The Balaban J connectivity index is 1.63. The predicted octanol–water partition coefficient (Wildman–Crippen LogP) is 4.45.